The minimum atomic E-state index is -4.47. The van der Waals surface area contributed by atoms with E-state index >= 15 is 0 Å². The number of ether oxygens (including phenoxy) is 1. The highest BCUT2D eigenvalue weighted by molar-refractivity contribution is 7.98. The summed E-state index contributed by atoms with van der Waals surface area (Å²) in [6, 6.07) is 7.58. The molecule has 2 aliphatic rings. The first-order valence-corrected chi connectivity index (χ1v) is 14.5. The van der Waals surface area contributed by atoms with Crippen molar-refractivity contribution < 1.29 is 37.0 Å². The van der Waals surface area contributed by atoms with Gasteiger partial charge in [-0.15, -0.1) is 0 Å². The maximum Gasteiger partial charge on any atom is 0.416 e. The highest BCUT2D eigenvalue weighted by atomic mass is 32.2. The highest BCUT2D eigenvalue weighted by Gasteiger charge is 2.30. The van der Waals surface area contributed by atoms with Crippen LogP contribution in [0.15, 0.2) is 42.5 Å². The number of fused-ring (bicyclic) bond motifs is 13. The Kier molecular flexibility index (Phi) is 12.1. The third kappa shape index (κ3) is 9.97. The van der Waals surface area contributed by atoms with Gasteiger partial charge in [0.05, 0.1) is 24.3 Å². The standard InChI is InChI=1S/C28H35F4N3O4S/c1-40-12-10-22-27(38)35-23(24(36)17-33-16-19-5-4-6-20(13-19)28(30,31)32)15-18-8-9-25(21(29)14-18)39-11-3-2-7-26(37)34-22/h4-6,8-9,13-14,22-24,33,36H,2-3,7,10-12,15-17H2,1H3,(H,34,37)(H,35,38)/t22?,23-,24+/m0/s1. The number of alkyl halides is 3. The molecule has 0 spiro atoms. The van der Waals surface area contributed by atoms with Crippen LogP contribution >= 0.6 is 11.8 Å². The van der Waals surface area contributed by atoms with Gasteiger partial charge in [0.2, 0.25) is 11.8 Å². The minimum absolute atomic E-state index is 0.0503. The van der Waals surface area contributed by atoms with E-state index in [9.17, 15) is 32.3 Å². The first kappa shape index (κ1) is 31.7. The topological polar surface area (TPSA) is 99.7 Å². The fourth-order valence-electron chi connectivity index (χ4n) is 4.31. The molecule has 40 heavy (non-hydrogen) atoms. The van der Waals surface area contributed by atoms with E-state index in [0.717, 1.165) is 12.1 Å². The van der Waals surface area contributed by atoms with Gasteiger partial charge in [0.15, 0.2) is 11.6 Å². The van der Waals surface area contributed by atoms with E-state index in [1.807, 2.05) is 6.26 Å². The molecule has 3 atom stereocenters. The Balaban J connectivity index is 1.77. The number of amides is 2. The first-order chi connectivity index (χ1) is 19.1. The summed E-state index contributed by atoms with van der Waals surface area (Å²) in [4.78, 5) is 25.7. The van der Waals surface area contributed by atoms with Crippen LogP contribution in [0.2, 0.25) is 0 Å². The lowest BCUT2D eigenvalue weighted by Gasteiger charge is -2.28. The number of hydrogen-bond donors (Lipinski definition) is 4. The molecule has 0 aliphatic carbocycles. The maximum atomic E-state index is 14.7. The molecule has 7 nitrogen and oxygen atoms in total. The molecule has 1 unspecified atom stereocenters. The van der Waals surface area contributed by atoms with Crippen molar-refractivity contribution in [2.75, 3.05) is 25.2 Å². The lowest BCUT2D eigenvalue weighted by atomic mass is 9.99. The summed E-state index contributed by atoms with van der Waals surface area (Å²) in [6.45, 7) is 0.222. The number of carbonyl (C=O) groups is 2. The van der Waals surface area contributed by atoms with Gasteiger partial charge in [-0.1, -0.05) is 24.3 Å². The molecule has 2 amide bonds. The largest absolute Gasteiger partial charge is 0.491 e. The van der Waals surface area contributed by atoms with Crippen molar-refractivity contribution in [2.24, 2.45) is 0 Å². The minimum Gasteiger partial charge on any atom is -0.491 e. The van der Waals surface area contributed by atoms with Gasteiger partial charge < -0.3 is 25.8 Å². The van der Waals surface area contributed by atoms with E-state index < -0.39 is 41.7 Å². The van der Waals surface area contributed by atoms with Crippen LogP contribution in [0.3, 0.4) is 0 Å². The van der Waals surface area contributed by atoms with E-state index in [0.29, 0.717) is 36.1 Å². The Hall–Kier alpha value is -2.83. The van der Waals surface area contributed by atoms with Gasteiger partial charge in [-0.25, -0.2) is 4.39 Å². The van der Waals surface area contributed by atoms with Gasteiger partial charge in [0, 0.05) is 19.5 Å². The second-order valence-electron chi connectivity index (χ2n) is 9.69. The number of aliphatic hydroxyl groups is 1. The molecule has 0 fully saturated rings. The molecular formula is C28H35F4N3O4S. The summed E-state index contributed by atoms with van der Waals surface area (Å²) in [5.41, 5.74) is 0.107. The van der Waals surface area contributed by atoms with Crippen molar-refractivity contribution in [3.8, 4) is 5.75 Å². The second kappa shape index (κ2) is 15.2. The van der Waals surface area contributed by atoms with Crippen LogP contribution in [0.25, 0.3) is 0 Å². The van der Waals surface area contributed by atoms with Gasteiger partial charge in [-0.05, 0) is 67.0 Å². The van der Waals surface area contributed by atoms with Crippen molar-refractivity contribution in [3.63, 3.8) is 0 Å². The Morgan fingerprint density at radius 1 is 1.15 bits per heavy atom. The fraction of sp³-hybridized carbons (Fsp3) is 0.500. The number of rotatable bonds is 8. The molecule has 4 N–H and O–H groups in total. The Morgan fingerprint density at radius 2 is 1.95 bits per heavy atom. The molecular weight excluding hydrogens is 550 g/mol. The summed E-state index contributed by atoms with van der Waals surface area (Å²) in [7, 11) is 0. The molecule has 2 aromatic carbocycles. The number of nitrogens with one attached hydrogen (secondary N) is 3. The predicted molar refractivity (Wildman–Crippen MR) is 145 cm³/mol. The molecule has 2 aromatic rings. The predicted octanol–water partition coefficient (Wildman–Crippen LogP) is 3.82. The molecule has 0 aromatic heterocycles. The molecule has 2 bridgehead atoms. The van der Waals surface area contributed by atoms with Crippen molar-refractivity contribution in [1.82, 2.24) is 16.0 Å². The molecule has 0 saturated carbocycles. The average Bonchev–Trinajstić information content (AvgIpc) is 2.90. The van der Waals surface area contributed by atoms with E-state index in [1.54, 1.807) is 6.07 Å². The van der Waals surface area contributed by atoms with Crippen LogP contribution in [0.1, 0.15) is 42.4 Å². The van der Waals surface area contributed by atoms with E-state index in [2.05, 4.69) is 16.0 Å². The fourth-order valence-corrected chi connectivity index (χ4v) is 4.79. The zero-order chi connectivity index (χ0) is 29.1. The van der Waals surface area contributed by atoms with Crippen molar-refractivity contribution >= 4 is 23.6 Å². The van der Waals surface area contributed by atoms with Gasteiger partial charge >= 0.3 is 6.18 Å². The number of hydrogen-bond acceptors (Lipinski definition) is 6. The van der Waals surface area contributed by atoms with Crippen molar-refractivity contribution in [1.29, 1.82) is 0 Å². The van der Waals surface area contributed by atoms with Crippen LogP contribution in [0, 0.1) is 5.82 Å². The molecule has 2 aliphatic heterocycles. The quantitative estimate of drug-likeness (QED) is 0.352. The third-order valence-corrected chi connectivity index (χ3v) is 7.14. The second-order valence-corrected chi connectivity index (χ2v) is 10.7. The van der Waals surface area contributed by atoms with Crippen molar-refractivity contribution in [2.45, 2.75) is 63.0 Å². The van der Waals surface area contributed by atoms with Crippen LogP contribution in [-0.2, 0) is 28.7 Å². The number of aliphatic hydroxyl groups excluding tert-OH is 1. The first-order valence-electron chi connectivity index (χ1n) is 13.1. The summed E-state index contributed by atoms with van der Waals surface area (Å²) in [5, 5.41) is 19.5. The average molecular weight is 586 g/mol. The molecule has 0 radical (unpaired) electrons. The molecule has 0 saturated heterocycles. The summed E-state index contributed by atoms with van der Waals surface area (Å²) < 4.78 is 59.3. The van der Waals surface area contributed by atoms with Crippen LogP contribution in [0.5, 0.6) is 5.75 Å². The summed E-state index contributed by atoms with van der Waals surface area (Å²) in [5.74, 6) is -0.659. The zero-order valence-electron chi connectivity index (χ0n) is 22.2. The lowest BCUT2D eigenvalue weighted by molar-refractivity contribution is -0.137. The number of thioether (sulfide) groups is 1. The molecule has 4 rings (SSSR count). The Bertz CT molecular complexity index is 1130. The Morgan fingerprint density at radius 3 is 2.67 bits per heavy atom. The number of carbonyl (C=O) groups excluding carboxylic acids is 2. The summed E-state index contributed by atoms with van der Waals surface area (Å²) in [6.07, 6.45) is -2.10. The SMILES string of the molecule is CSCCC1NC(=O)CCCCOc2ccc(cc2F)C[C@@H]([C@H](O)CNCc2cccc(C(F)(F)F)c2)NC1=O. The molecule has 2 heterocycles. The van der Waals surface area contributed by atoms with Gasteiger partial charge in [0.1, 0.15) is 6.04 Å². The third-order valence-electron chi connectivity index (χ3n) is 6.50. The van der Waals surface area contributed by atoms with Crippen molar-refractivity contribution in [3.05, 3.63) is 65.0 Å². The highest BCUT2D eigenvalue weighted by Crippen LogP contribution is 2.29. The normalized spacial score (nSPS) is 19.9. The zero-order valence-corrected chi connectivity index (χ0v) is 23.0. The molecule has 220 valence electrons. The number of benzene rings is 2. The van der Waals surface area contributed by atoms with E-state index in [1.165, 1.54) is 36.0 Å². The van der Waals surface area contributed by atoms with Crippen LogP contribution in [0.4, 0.5) is 17.6 Å². The van der Waals surface area contributed by atoms with Gasteiger partial charge in [0.25, 0.3) is 0 Å². The molecule has 12 heteroatoms. The maximum absolute atomic E-state index is 14.7. The number of halogens is 4. The monoisotopic (exact) mass is 585 g/mol. The lowest BCUT2D eigenvalue weighted by Crippen LogP contribution is -2.55. The van der Waals surface area contributed by atoms with Gasteiger partial charge in [-0.3, -0.25) is 9.59 Å². The van der Waals surface area contributed by atoms with Crippen LogP contribution < -0.4 is 20.7 Å². The van der Waals surface area contributed by atoms with E-state index in [4.69, 9.17) is 4.74 Å². The smallest absolute Gasteiger partial charge is 0.416 e. The van der Waals surface area contributed by atoms with Crippen LogP contribution in [-0.4, -0.2) is 60.3 Å². The Labute approximate surface area is 235 Å². The summed E-state index contributed by atoms with van der Waals surface area (Å²) >= 11 is 1.52. The van der Waals surface area contributed by atoms with Gasteiger partial charge in [-0.2, -0.15) is 24.9 Å². The van der Waals surface area contributed by atoms with E-state index in [-0.39, 0.29) is 44.2 Å².